The molecule has 1 heterocycles. The molecule has 15 heavy (non-hydrogen) atoms. The highest BCUT2D eigenvalue weighted by molar-refractivity contribution is 5.05. The van der Waals surface area contributed by atoms with E-state index in [0.29, 0.717) is 12.1 Å². The topological polar surface area (TPSA) is 15.3 Å². The molecule has 0 bridgehead atoms. The van der Waals surface area contributed by atoms with E-state index in [9.17, 15) is 0 Å². The molecule has 2 nitrogen and oxygen atoms in total. The van der Waals surface area contributed by atoms with Gasteiger partial charge in [0.05, 0.1) is 6.04 Å². The Hall–Kier alpha value is -0.520. The van der Waals surface area contributed by atoms with E-state index in [0.717, 1.165) is 25.9 Å². The second-order valence-electron chi connectivity index (χ2n) is 4.91. The number of piperazine rings is 1. The maximum Gasteiger partial charge on any atom is 0.0712 e. The number of hydrogen-bond donors (Lipinski definition) is 1. The maximum atomic E-state index is 5.59. The van der Waals surface area contributed by atoms with Crippen molar-refractivity contribution in [2.24, 2.45) is 0 Å². The zero-order chi connectivity index (χ0) is 11.5. The van der Waals surface area contributed by atoms with Gasteiger partial charge in [-0.25, -0.2) is 0 Å². The number of terminal acetylenes is 1. The van der Waals surface area contributed by atoms with Crippen LogP contribution in [0.1, 0.15) is 40.5 Å². The molecule has 0 radical (unpaired) electrons. The highest BCUT2D eigenvalue weighted by Crippen LogP contribution is 2.21. The van der Waals surface area contributed by atoms with Gasteiger partial charge in [-0.3, -0.25) is 4.90 Å². The largest absolute Gasteiger partial charge is 0.309 e. The van der Waals surface area contributed by atoms with Gasteiger partial charge >= 0.3 is 0 Å². The summed E-state index contributed by atoms with van der Waals surface area (Å²) in [5, 5.41) is 3.62. The van der Waals surface area contributed by atoms with Crippen LogP contribution in [-0.2, 0) is 0 Å². The molecule has 86 valence electrons. The molecule has 1 aliphatic heterocycles. The molecule has 0 amide bonds. The first kappa shape index (κ1) is 12.5. The van der Waals surface area contributed by atoms with Gasteiger partial charge in [0.1, 0.15) is 0 Å². The van der Waals surface area contributed by atoms with Gasteiger partial charge in [-0.2, -0.15) is 0 Å². The zero-order valence-electron chi connectivity index (χ0n) is 10.5. The molecular weight excluding hydrogens is 184 g/mol. The van der Waals surface area contributed by atoms with E-state index < -0.39 is 0 Å². The Morgan fingerprint density at radius 3 is 2.73 bits per heavy atom. The summed E-state index contributed by atoms with van der Waals surface area (Å²) in [6.07, 6.45) is 7.79. The third-order valence-corrected chi connectivity index (χ3v) is 3.68. The van der Waals surface area contributed by atoms with E-state index in [4.69, 9.17) is 6.42 Å². The van der Waals surface area contributed by atoms with Gasteiger partial charge in [-0.15, -0.1) is 6.42 Å². The molecule has 0 aromatic rings. The van der Waals surface area contributed by atoms with Gasteiger partial charge in [0.2, 0.25) is 0 Å². The van der Waals surface area contributed by atoms with Crippen molar-refractivity contribution in [2.75, 3.05) is 13.1 Å². The number of hydrogen-bond acceptors (Lipinski definition) is 2. The number of rotatable bonds is 3. The van der Waals surface area contributed by atoms with Crippen LogP contribution in [0.2, 0.25) is 0 Å². The van der Waals surface area contributed by atoms with Crippen LogP contribution in [0.4, 0.5) is 0 Å². The Kier molecular flexibility index (Phi) is 4.19. The lowest BCUT2D eigenvalue weighted by molar-refractivity contribution is 0.0718. The molecule has 3 unspecified atom stereocenters. The Morgan fingerprint density at radius 2 is 2.27 bits per heavy atom. The zero-order valence-corrected chi connectivity index (χ0v) is 10.5. The normalized spacial score (nSPS) is 34.7. The lowest BCUT2D eigenvalue weighted by Gasteiger charge is -2.47. The molecule has 1 fully saturated rings. The second kappa shape index (κ2) is 5.01. The van der Waals surface area contributed by atoms with Gasteiger partial charge < -0.3 is 5.32 Å². The first-order valence-corrected chi connectivity index (χ1v) is 6.03. The molecule has 3 atom stereocenters. The molecule has 1 aliphatic rings. The molecular formula is C13H24N2. The van der Waals surface area contributed by atoms with E-state index in [1.165, 1.54) is 0 Å². The summed E-state index contributed by atoms with van der Waals surface area (Å²) in [5.74, 6) is 2.91. The average Bonchev–Trinajstić information content (AvgIpc) is 2.25. The van der Waals surface area contributed by atoms with E-state index >= 15 is 0 Å². The highest BCUT2D eigenvalue weighted by Gasteiger charge is 2.34. The fourth-order valence-electron chi connectivity index (χ4n) is 2.23. The van der Waals surface area contributed by atoms with E-state index in [1.54, 1.807) is 0 Å². The van der Waals surface area contributed by atoms with Crippen molar-refractivity contribution in [3.05, 3.63) is 0 Å². The van der Waals surface area contributed by atoms with Crippen LogP contribution in [0.25, 0.3) is 0 Å². The van der Waals surface area contributed by atoms with Crippen LogP contribution < -0.4 is 5.32 Å². The fourth-order valence-corrected chi connectivity index (χ4v) is 2.23. The first-order valence-electron chi connectivity index (χ1n) is 6.03. The van der Waals surface area contributed by atoms with Crippen LogP contribution >= 0.6 is 0 Å². The van der Waals surface area contributed by atoms with Crippen LogP contribution in [0, 0.1) is 12.3 Å². The molecule has 0 aliphatic carbocycles. The first-order chi connectivity index (χ1) is 7.06. The van der Waals surface area contributed by atoms with Crippen molar-refractivity contribution >= 4 is 0 Å². The smallest absolute Gasteiger partial charge is 0.0712 e. The van der Waals surface area contributed by atoms with Gasteiger partial charge in [0.15, 0.2) is 0 Å². The minimum Gasteiger partial charge on any atom is -0.309 e. The van der Waals surface area contributed by atoms with Crippen LogP contribution in [0.5, 0.6) is 0 Å². The third kappa shape index (κ3) is 2.74. The van der Waals surface area contributed by atoms with Crippen molar-refractivity contribution in [2.45, 2.75) is 58.2 Å². The molecule has 1 N–H and O–H groups in total. The molecule has 0 aromatic carbocycles. The van der Waals surface area contributed by atoms with Crippen LogP contribution in [-0.4, -0.2) is 35.6 Å². The Bertz CT molecular complexity index is 243. The van der Waals surface area contributed by atoms with Gasteiger partial charge in [0.25, 0.3) is 0 Å². The van der Waals surface area contributed by atoms with E-state index in [2.05, 4.69) is 43.8 Å². The van der Waals surface area contributed by atoms with Gasteiger partial charge in [-0.1, -0.05) is 19.8 Å². The predicted molar refractivity (Wildman–Crippen MR) is 65.8 cm³/mol. The molecule has 0 saturated carbocycles. The van der Waals surface area contributed by atoms with Crippen LogP contribution in [0.3, 0.4) is 0 Å². The summed E-state index contributed by atoms with van der Waals surface area (Å²) in [7, 11) is 0. The minimum atomic E-state index is 0.233. The van der Waals surface area contributed by atoms with E-state index in [-0.39, 0.29) is 5.54 Å². The Balaban J connectivity index is 2.73. The maximum absolute atomic E-state index is 5.59. The third-order valence-electron chi connectivity index (χ3n) is 3.68. The summed E-state index contributed by atoms with van der Waals surface area (Å²) in [6, 6.07) is 0.846. The van der Waals surface area contributed by atoms with Crippen molar-refractivity contribution in [3.63, 3.8) is 0 Å². The van der Waals surface area contributed by atoms with Crippen molar-refractivity contribution < 1.29 is 0 Å². The predicted octanol–water partition coefficient (Wildman–Crippen LogP) is 1.86. The molecule has 1 rings (SSSR count). The fraction of sp³-hybridized carbons (Fsp3) is 0.846. The minimum absolute atomic E-state index is 0.233. The Labute approximate surface area is 94.4 Å². The highest BCUT2D eigenvalue weighted by atomic mass is 15.3. The number of nitrogens with zero attached hydrogens (tertiary/aromatic N) is 1. The number of nitrogens with one attached hydrogen (secondary N) is 1. The van der Waals surface area contributed by atoms with Gasteiger partial charge in [0, 0.05) is 24.7 Å². The lowest BCUT2D eigenvalue weighted by Crippen LogP contribution is -2.63. The molecule has 0 spiro atoms. The van der Waals surface area contributed by atoms with Gasteiger partial charge in [-0.05, 0) is 26.7 Å². The molecule has 1 saturated heterocycles. The molecule has 2 heteroatoms. The van der Waals surface area contributed by atoms with Crippen molar-refractivity contribution in [1.82, 2.24) is 10.2 Å². The van der Waals surface area contributed by atoms with Crippen molar-refractivity contribution in [3.8, 4) is 12.3 Å². The quantitative estimate of drug-likeness (QED) is 0.712. The SMILES string of the molecule is C#CC(CC)N1CC(C)(CC)NCC1C. The molecule has 0 aromatic heterocycles. The van der Waals surface area contributed by atoms with Crippen LogP contribution in [0.15, 0.2) is 0 Å². The summed E-state index contributed by atoms with van der Waals surface area (Å²) in [4.78, 5) is 2.47. The summed E-state index contributed by atoms with van der Waals surface area (Å²) in [5.41, 5.74) is 0.233. The lowest BCUT2D eigenvalue weighted by atomic mass is 9.92. The summed E-state index contributed by atoms with van der Waals surface area (Å²) >= 11 is 0. The standard InChI is InChI=1S/C13H24N2/c1-6-12(7-2)15-10-13(5,8-3)14-9-11(15)4/h1,11-12,14H,7-10H2,2-5H3. The Morgan fingerprint density at radius 1 is 1.60 bits per heavy atom. The average molecular weight is 208 g/mol. The summed E-state index contributed by atoms with van der Waals surface area (Å²) < 4.78 is 0. The second-order valence-corrected chi connectivity index (χ2v) is 4.91. The van der Waals surface area contributed by atoms with E-state index in [1.807, 2.05) is 0 Å². The monoisotopic (exact) mass is 208 g/mol. The summed E-state index contributed by atoms with van der Waals surface area (Å²) in [6.45, 7) is 11.0. The van der Waals surface area contributed by atoms with Crippen molar-refractivity contribution in [1.29, 1.82) is 0 Å².